The van der Waals surface area contributed by atoms with E-state index >= 15 is 0 Å². The quantitative estimate of drug-likeness (QED) is 0.316. The van der Waals surface area contributed by atoms with Crippen molar-refractivity contribution in [2.45, 2.75) is 0 Å². The molecule has 0 fully saturated rings. The number of hydrogen-bond acceptors (Lipinski definition) is 0. The van der Waals surface area contributed by atoms with Crippen LogP contribution in [0.2, 0.25) is 5.02 Å². The first-order valence-corrected chi connectivity index (χ1v) is 8.76. The van der Waals surface area contributed by atoms with Gasteiger partial charge in [0.1, 0.15) is 0 Å². The summed E-state index contributed by atoms with van der Waals surface area (Å²) in [4.78, 5) is 0. The standard InChI is InChI=1S/C23H16ClN/c1-25-21-10-6-5-9-19(21)22-20(15-7-3-2-4-8-15)14-16-13-17(24)11-12-18(16)23(22)25/h2-14H,1H3. The van der Waals surface area contributed by atoms with Crippen molar-refractivity contribution in [2.24, 2.45) is 7.05 Å². The van der Waals surface area contributed by atoms with Crippen LogP contribution in [0.3, 0.4) is 0 Å². The normalized spacial score (nSPS) is 11.6. The van der Waals surface area contributed by atoms with Crippen LogP contribution < -0.4 is 0 Å². The molecule has 0 bridgehead atoms. The Morgan fingerprint density at radius 1 is 0.760 bits per heavy atom. The summed E-state index contributed by atoms with van der Waals surface area (Å²) in [6, 6.07) is 27.6. The summed E-state index contributed by atoms with van der Waals surface area (Å²) in [5, 5.41) is 5.77. The van der Waals surface area contributed by atoms with Gasteiger partial charge in [-0.15, -0.1) is 0 Å². The van der Waals surface area contributed by atoms with Gasteiger partial charge in [0.15, 0.2) is 0 Å². The summed E-state index contributed by atoms with van der Waals surface area (Å²) in [6.07, 6.45) is 0. The number of para-hydroxylation sites is 1. The predicted molar refractivity (Wildman–Crippen MR) is 108 cm³/mol. The maximum atomic E-state index is 6.28. The van der Waals surface area contributed by atoms with Crippen LogP contribution in [0.4, 0.5) is 0 Å². The molecule has 0 aliphatic carbocycles. The van der Waals surface area contributed by atoms with Gasteiger partial charge in [0.05, 0.1) is 5.52 Å². The Morgan fingerprint density at radius 3 is 2.36 bits per heavy atom. The van der Waals surface area contributed by atoms with Crippen LogP contribution in [0.15, 0.2) is 78.9 Å². The lowest BCUT2D eigenvalue weighted by Gasteiger charge is -2.10. The minimum atomic E-state index is 0.768. The predicted octanol–water partition coefficient (Wildman–Crippen LogP) is 6.81. The maximum Gasteiger partial charge on any atom is 0.0574 e. The summed E-state index contributed by atoms with van der Waals surface area (Å²) >= 11 is 6.28. The number of nitrogens with zero attached hydrogens (tertiary/aromatic N) is 1. The Labute approximate surface area is 151 Å². The molecule has 0 unspecified atom stereocenters. The van der Waals surface area contributed by atoms with Crippen LogP contribution in [0.5, 0.6) is 0 Å². The average molecular weight is 342 g/mol. The number of fused-ring (bicyclic) bond motifs is 5. The van der Waals surface area contributed by atoms with Crippen LogP contribution in [-0.4, -0.2) is 4.57 Å². The van der Waals surface area contributed by atoms with Crippen LogP contribution in [0.1, 0.15) is 0 Å². The lowest BCUT2D eigenvalue weighted by Crippen LogP contribution is -1.89. The molecule has 1 aromatic heterocycles. The van der Waals surface area contributed by atoms with Gasteiger partial charge in [-0.1, -0.05) is 66.2 Å². The number of benzene rings is 4. The third-order valence-electron chi connectivity index (χ3n) is 5.03. The van der Waals surface area contributed by atoms with E-state index < -0.39 is 0 Å². The summed E-state index contributed by atoms with van der Waals surface area (Å²) in [5.41, 5.74) is 4.99. The minimum Gasteiger partial charge on any atom is -0.343 e. The second kappa shape index (κ2) is 5.37. The van der Waals surface area contributed by atoms with Crippen molar-refractivity contribution >= 4 is 44.2 Å². The van der Waals surface area contributed by atoms with E-state index in [9.17, 15) is 0 Å². The fourth-order valence-corrected chi connectivity index (χ4v) is 4.10. The Kier molecular flexibility index (Phi) is 3.13. The summed E-state index contributed by atoms with van der Waals surface area (Å²) in [5.74, 6) is 0. The van der Waals surface area contributed by atoms with E-state index in [4.69, 9.17) is 11.6 Å². The zero-order chi connectivity index (χ0) is 17.0. The fourth-order valence-electron chi connectivity index (χ4n) is 3.92. The molecule has 5 rings (SSSR count). The highest BCUT2D eigenvalue weighted by molar-refractivity contribution is 6.32. The van der Waals surface area contributed by atoms with E-state index in [0.29, 0.717) is 0 Å². The van der Waals surface area contributed by atoms with Crippen molar-refractivity contribution in [3.8, 4) is 11.1 Å². The molecular weight excluding hydrogens is 326 g/mol. The first-order chi connectivity index (χ1) is 12.2. The molecule has 0 saturated carbocycles. The minimum absolute atomic E-state index is 0.768. The lowest BCUT2D eigenvalue weighted by molar-refractivity contribution is 1.02. The first kappa shape index (κ1) is 14.6. The van der Waals surface area contributed by atoms with Gasteiger partial charge in [0, 0.05) is 33.7 Å². The van der Waals surface area contributed by atoms with E-state index in [1.54, 1.807) is 0 Å². The van der Waals surface area contributed by atoms with Gasteiger partial charge < -0.3 is 4.57 Å². The van der Waals surface area contributed by atoms with Crippen molar-refractivity contribution in [2.75, 3.05) is 0 Å². The fraction of sp³-hybridized carbons (Fsp3) is 0.0435. The summed E-state index contributed by atoms with van der Waals surface area (Å²) in [7, 11) is 2.15. The number of rotatable bonds is 1. The van der Waals surface area contributed by atoms with Crippen molar-refractivity contribution in [3.05, 3.63) is 83.9 Å². The summed E-state index contributed by atoms with van der Waals surface area (Å²) < 4.78 is 2.30. The van der Waals surface area contributed by atoms with E-state index in [1.807, 2.05) is 6.07 Å². The number of hydrogen-bond donors (Lipinski definition) is 0. The molecule has 1 heterocycles. The second-order valence-corrected chi connectivity index (χ2v) is 6.89. The first-order valence-electron chi connectivity index (χ1n) is 8.39. The molecule has 0 spiro atoms. The maximum absolute atomic E-state index is 6.28. The van der Waals surface area contributed by atoms with Crippen molar-refractivity contribution in [3.63, 3.8) is 0 Å². The molecule has 0 atom stereocenters. The van der Waals surface area contributed by atoms with Gasteiger partial charge >= 0.3 is 0 Å². The monoisotopic (exact) mass is 341 g/mol. The molecule has 0 saturated heterocycles. The van der Waals surface area contributed by atoms with Crippen LogP contribution >= 0.6 is 11.6 Å². The Bertz CT molecular complexity index is 1250. The van der Waals surface area contributed by atoms with E-state index in [-0.39, 0.29) is 0 Å². The topological polar surface area (TPSA) is 4.93 Å². The highest BCUT2D eigenvalue weighted by atomic mass is 35.5. The molecule has 2 heteroatoms. The van der Waals surface area contributed by atoms with Crippen LogP contribution in [-0.2, 0) is 7.05 Å². The number of aromatic nitrogens is 1. The Hall–Kier alpha value is -2.77. The second-order valence-electron chi connectivity index (χ2n) is 6.46. The van der Waals surface area contributed by atoms with E-state index in [1.165, 1.54) is 43.7 Å². The molecule has 0 aliphatic heterocycles. The molecule has 25 heavy (non-hydrogen) atoms. The average Bonchev–Trinajstić information content (AvgIpc) is 2.95. The van der Waals surface area contributed by atoms with Crippen LogP contribution in [0, 0.1) is 0 Å². The van der Waals surface area contributed by atoms with Gasteiger partial charge in [-0.05, 0) is 40.8 Å². The third kappa shape index (κ3) is 2.09. The molecule has 4 aromatic carbocycles. The van der Waals surface area contributed by atoms with Gasteiger partial charge in [0.2, 0.25) is 0 Å². The molecule has 5 aromatic rings. The summed E-state index contributed by atoms with van der Waals surface area (Å²) in [6.45, 7) is 0. The van der Waals surface area contributed by atoms with Gasteiger partial charge in [-0.25, -0.2) is 0 Å². The molecular formula is C23H16ClN. The lowest BCUT2D eigenvalue weighted by atomic mass is 9.95. The van der Waals surface area contributed by atoms with Gasteiger partial charge in [0.25, 0.3) is 0 Å². The molecule has 0 N–H and O–H groups in total. The van der Waals surface area contributed by atoms with Crippen molar-refractivity contribution in [1.29, 1.82) is 0 Å². The van der Waals surface area contributed by atoms with Gasteiger partial charge in [-0.2, -0.15) is 0 Å². The largest absolute Gasteiger partial charge is 0.343 e. The van der Waals surface area contributed by atoms with Gasteiger partial charge in [-0.3, -0.25) is 0 Å². The Morgan fingerprint density at radius 2 is 1.52 bits per heavy atom. The third-order valence-corrected chi connectivity index (χ3v) is 5.26. The highest BCUT2D eigenvalue weighted by Crippen LogP contribution is 2.41. The van der Waals surface area contributed by atoms with Crippen LogP contribution in [0.25, 0.3) is 43.7 Å². The SMILES string of the molecule is Cn1c2ccccc2c2c(-c3ccccc3)cc3cc(Cl)ccc3c21. The molecule has 1 nitrogen and oxygen atoms in total. The highest BCUT2D eigenvalue weighted by Gasteiger charge is 2.16. The van der Waals surface area contributed by atoms with Crippen molar-refractivity contribution in [1.82, 2.24) is 4.57 Å². The smallest absolute Gasteiger partial charge is 0.0574 e. The van der Waals surface area contributed by atoms with E-state index in [0.717, 1.165) is 5.02 Å². The Balaban J connectivity index is 2.09. The van der Waals surface area contributed by atoms with Crippen molar-refractivity contribution < 1.29 is 0 Å². The molecule has 120 valence electrons. The van der Waals surface area contributed by atoms with E-state index in [2.05, 4.69) is 84.4 Å². The zero-order valence-electron chi connectivity index (χ0n) is 13.8. The zero-order valence-corrected chi connectivity index (χ0v) is 14.6. The molecule has 0 amide bonds. The number of aryl methyl sites for hydroxylation is 1. The molecule has 0 aliphatic rings. The number of halogens is 1. The molecule has 0 radical (unpaired) electrons.